The smallest absolute Gasteiger partial charge is 0.337 e. The molecule has 0 bridgehead atoms. The summed E-state index contributed by atoms with van der Waals surface area (Å²) in [5.74, 6) is -0.180. The van der Waals surface area contributed by atoms with E-state index < -0.39 is 5.97 Å². The fraction of sp³-hybridized carbons (Fsp3) is 0.133. The molecule has 0 radical (unpaired) electrons. The molecule has 19 heavy (non-hydrogen) atoms. The van der Waals surface area contributed by atoms with Crippen LogP contribution in [0.2, 0.25) is 0 Å². The fourth-order valence-electron chi connectivity index (χ4n) is 1.78. The zero-order valence-corrected chi connectivity index (χ0v) is 11.4. The number of benzene rings is 2. The predicted molar refractivity (Wildman–Crippen MR) is 78.6 cm³/mol. The summed E-state index contributed by atoms with van der Waals surface area (Å²) in [4.78, 5) is 11.9. The quantitative estimate of drug-likeness (QED) is 0.660. The molecule has 3 N–H and O–H groups in total. The van der Waals surface area contributed by atoms with E-state index in [9.17, 15) is 4.79 Å². The van der Waals surface area contributed by atoms with Gasteiger partial charge in [0.25, 0.3) is 0 Å². The van der Waals surface area contributed by atoms with E-state index in [2.05, 4.69) is 25.1 Å². The van der Waals surface area contributed by atoms with Crippen LogP contribution >= 0.6 is 11.8 Å². The van der Waals surface area contributed by atoms with Gasteiger partial charge in [-0.2, -0.15) is 0 Å². The second-order valence-electron chi connectivity index (χ2n) is 4.33. The molecule has 4 heteroatoms. The molecule has 2 rings (SSSR count). The molecule has 0 amide bonds. The number of anilines is 1. The Hall–Kier alpha value is -1.94. The molecule has 98 valence electrons. The molecule has 2 aromatic rings. The number of aromatic carboxylic acids is 1. The Kier molecular flexibility index (Phi) is 4.12. The van der Waals surface area contributed by atoms with Crippen molar-refractivity contribution >= 4 is 23.4 Å². The summed E-state index contributed by atoms with van der Waals surface area (Å²) in [6.07, 6.45) is 0. The monoisotopic (exact) mass is 273 g/mol. The van der Waals surface area contributed by atoms with Crippen LogP contribution in [-0.4, -0.2) is 11.1 Å². The molecule has 0 atom stereocenters. The normalized spacial score (nSPS) is 10.4. The first kappa shape index (κ1) is 13.5. The van der Waals surface area contributed by atoms with Gasteiger partial charge in [0.2, 0.25) is 0 Å². The number of carboxylic acids is 1. The largest absolute Gasteiger partial charge is 0.478 e. The van der Waals surface area contributed by atoms with Crippen LogP contribution in [0.25, 0.3) is 0 Å². The number of carbonyl (C=O) groups is 1. The van der Waals surface area contributed by atoms with Crippen molar-refractivity contribution in [1.29, 1.82) is 0 Å². The highest BCUT2D eigenvalue weighted by molar-refractivity contribution is 7.98. The second kappa shape index (κ2) is 5.80. The van der Waals surface area contributed by atoms with Crippen LogP contribution in [0.5, 0.6) is 0 Å². The molecule has 0 fully saturated rings. The summed E-state index contributed by atoms with van der Waals surface area (Å²) < 4.78 is 0. The van der Waals surface area contributed by atoms with Gasteiger partial charge in [-0.3, -0.25) is 0 Å². The minimum absolute atomic E-state index is 0.161. The number of thioether (sulfide) groups is 1. The third kappa shape index (κ3) is 3.51. The standard InChI is InChI=1S/C15H15NO2S/c1-10-3-2-4-11(7-10)9-19-12-5-6-14(16)13(8-12)15(17)18/h2-8H,9,16H2,1H3,(H,17,18). The van der Waals surface area contributed by atoms with Gasteiger partial charge in [-0.15, -0.1) is 11.8 Å². The maximum absolute atomic E-state index is 11.0. The molecular formula is C15H15NO2S. The Balaban J connectivity index is 2.12. The number of hydrogen-bond donors (Lipinski definition) is 2. The molecular weight excluding hydrogens is 258 g/mol. The maximum atomic E-state index is 11.0. The first-order chi connectivity index (χ1) is 9.06. The molecule has 0 saturated carbocycles. The van der Waals surface area contributed by atoms with Crippen molar-refractivity contribution in [3.8, 4) is 0 Å². The van der Waals surface area contributed by atoms with E-state index in [-0.39, 0.29) is 5.56 Å². The van der Waals surface area contributed by atoms with Crippen molar-refractivity contribution < 1.29 is 9.90 Å². The summed E-state index contributed by atoms with van der Waals surface area (Å²) in [6.45, 7) is 2.06. The maximum Gasteiger partial charge on any atom is 0.337 e. The molecule has 0 heterocycles. The first-order valence-electron chi connectivity index (χ1n) is 5.87. The van der Waals surface area contributed by atoms with Gasteiger partial charge in [0.15, 0.2) is 0 Å². The molecule has 0 unspecified atom stereocenters. The molecule has 0 saturated heterocycles. The average Bonchev–Trinajstić information content (AvgIpc) is 2.37. The zero-order chi connectivity index (χ0) is 13.8. The minimum Gasteiger partial charge on any atom is -0.478 e. The highest BCUT2D eigenvalue weighted by atomic mass is 32.2. The molecule has 0 aromatic heterocycles. The average molecular weight is 273 g/mol. The number of hydrogen-bond acceptors (Lipinski definition) is 3. The van der Waals surface area contributed by atoms with Crippen molar-refractivity contribution in [3.05, 3.63) is 59.2 Å². The van der Waals surface area contributed by atoms with Gasteiger partial charge in [-0.25, -0.2) is 4.79 Å². The van der Waals surface area contributed by atoms with Crippen LogP contribution in [-0.2, 0) is 5.75 Å². The number of carboxylic acid groups (broad SMARTS) is 1. The van der Waals surface area contributed by atoms with Crippen molar-refractivity contribution in [1.82, 2.24) is 0 Å². The van der Waals surface area contributed by atoms with E-state index in [1.807, 2.05) is 12.1 Å². The lowest BCUT2D eigenvalue weighted by Gasteiger charge is -2.06. The topological polar surface area (TPSA) is 63.3 Å². The minimum atomic E-state index is -0.990. The van der Waals surface area contributed by atoms with Gasteiger partial charge < -0.3 is 10.8 Å². The van der Waals surface area contributed by atoms with Crippen LogP contribution in [0.4, 0.5) is 5.69 Å². The van der Waals surface area contributed by atoms with Gasteiger partial charge in [0.1, 0.15) is 0 Å². The van der Waals surface area contributed by atoms with E-state index in [1.54, 1.807) is 23.9 Å². The molecule has 0 spiro atoms. The molecule has 0 aliphatic carbocycles. The SMILES string of the molecule is Cc1cccc(CSc2ccc(N)c(C(=O)O)c2)c1. The molecule has 3 nitrogen and oxygen atoms in total. The number of nitrogens with two attached hydrogens (primary N) is 1. The van der Waals surface area contributed by atoms with Gasteiger partial charge in [-0.05, 0) is 30.7 Å². The summed E-state index contributed by atoms with van der Waals surface area (Å²) in [7, 11) is 0. The van der Waals surface area contributed by atoms with Crippen LogP contribution in [0.3, 0.4) is 0 Å². The van der Waals surface area contributed by atoms with Crippen LogP contribution in [0, 0.1) is 6.92 Å². The lowest BCUT2D eigenvalue weighted by molar-refractivity contribution is 0.0698. The Morgan fingerprint density at radius 3 is 2.74 bits per heavy atom. The lowest BCUT2D eigenvalue weighted by Crippen LogP contribution is -2.02. The third-order valence-corrected chi connectivity index (χ3v) is 3.81. The van der Waals surface area contributed by atoms with E-state index in [0.717, 1.165) is 10.6 Å². The second-order valence-corrected chi connectivity index (χ2v) is 5.38. The summed E-state index contributed by atoms with van der Waals surface area (Å²) >= 11 is 1.60. The predicted octanol–water partition coefficient (Wildman–Crippen LogP) is 3.57. The Labute approximate surface area is 116 Å². The Morgan fingerprint density at radius 1 is 1.26 bits per heavy atom. The van der Waals surface area contributed by atoms with Crippen molar-refractivity contribution in [2.24, 2.45) is 0 Å². The van der Waals surface area contributed by atoms with E-state index in [1.165, 1.54) is 11.1 Å². The van der Waals surface area contributed by atoms with Gasteiger partial charge in [0, 0.05) is 16.3 Å². The Morgan fingerprint density at radius 2 is 2.05 bits per heavy atom. The number of nitrogen functional groups attached to an aromatic ring is 1. The van der Waals surface area contributed by atoms with Crippen molar-refractivity contribution in [2.75, 3.05) is 5.73 Å². The molecule has 2 aromatic carbocycles. The number of rotatable bonds is 4. The van der Waals surface area contributed by atoms with Crippen LogP contribution in [0.15, 0.2) is 47.4 Å². The fourth-order valence-corrected chi connectivity index (χ4v) is 2.66. The summed E-state index contributed by atoms with van der Waals surface area (Å²) in [5.41, 5.74) is 8.53. The third-order valence-electron chi connectivity index (χ3n) is 2.74. The number of aryl methyl sites for hydroxylation is 1. The highest BCUT2D eigenvalue weighted by Gasteiger charge is 2.08. The van der Waals surface area contributed by atoms with E-state index >= 15 is 0 Å². The van der Waals surface area contributed by atoms with E-state index in [0.29, 0.717) is 5.69 Å². The van der Waals surface area contributed by atoms with Gasteiger partial charge in [-0.1, -0.05) is 29.8 Å². The molecule has 0 aliphatic rings. The summed E-state index contributed by atoms with van der Waals surface area (Å²) in [6, 6.07) is 13.4. The zero-order valence-electron chi connectivity index (χ0n) is 10.6. The lowest BCUT2D eigenvalue weighted by atomic mass is 10.2. The van der Waals surface area contributed by atoms with Crippen molar-refractivity contribution in [2.45, 2.75) is 17.6 Å². The van der Waals surface area contributed by atoms with E-state index in [4.69, 9.17) is 10.8 Å². The summed E-state index contributed by atoms with van der Waals surface area (Å²) in [5, 5.41) is 9.02. The van der Waals surface area contributed by atoms with Crippen LogP contribution < -0.4 is 5.73 Å². The Bertz CT molecular complexity index is 611. The van der Waals surface area contributed by atoms with Crippen molar-refractivity contribution in [3.63, 3.8) is 0 Å². The van der Waals surface area contributed by atoms with Gasteiger partial charge in [0.05, 0.1) is 5.56 Å². The van der Waals surface area contributed by atoms with Gasteiger partial charge >= 0.3 is 5.97 Å². The van der Waals surface area contributed by atoms with Crippen LogP contribution in [0.1, 0.15) is 21.5 Å². The molecule has 0 aliphatic heterocycles. The first-order valence-corrected chi connectivity index (χ1v) is 6.86. The highest BCUT2D eigenvalue weighted by Crippen LogP contribution is 2.26.